The maximum absolute atomic E-state index is 16.5. The largest absolute Gasteiger partial charge is 0.388 e. The van der Waals surface area contributed by atoms with E-state index in [0.717, 1.165) is 49.1 Å². The first kappa shape index (κ1) is 25.0. The molecule has 1 heterocycles. The van der Waals surface area contributed by atoms with Gasteiger partial charge in [-0.25, -0.2) is 13.2 Å². The molecule has 0 radical (unpaired) electrons. The molecule has 2 aliphatic carbocycles. The lowest BCUT2D eigenvalue weighted by atomic mass is 9.74. The summed E-state index contributed by atoms with van der Waals surface area (Å²) in [4.78, 5) is 5.03. The van der Waals surface area contributed by atoms with Crippen molar-refractivity contribution in [2.45, 2.75) is 82.9 Å². The summed E-state index contributed by atoms with van der Waals surface area (Å²) in [6.45, 7) is 4.05. The SMILES string of the molecule is CC(C)c1nc2c(c(-c3ccc(F)cc3)c1C(F)C1CCCCC1)C(O)CC(c1ccc(F)cc1)C2. The number of fused-ring (bicyclic) bond motifs is 1. The summed E-state index contributed by atoms with van der Waals surface area (Å²) in [6, 6.07) is 12.6. The van der Waals surface area contributed by atoms with Gasteiger partial charge in [0.2, 0.25) is 0 Å². The molecule has 1 fully saturated rings. The fourth-order valence-corrected chi connectivity index (χ4v) is 6.20. The third-order valence-corrected chi connectivity index (χ3v) is 8.02. The third-order valence-electron chi connectivity index (χ3n) is 8.02. The number of alkyl halides is 1. The van der Waals surface area contributed by atoms with Gasteiger partial charge in [-0.3, -0.25) is 4.98 Å². The third kappa shape index (κ3) is 4.82. The molecule has 36 heavy (non-hydrogen) atoms. The Labute approximate surface area is 211 Å². The second-order valence-electron chi connectivity index (χ2n) is 10.8. The lowest BCUT2D eigenvalue weighted by molar-refractivity contribution is 0.145. The summed E-state index contributed by atoms with van der Waals surface area (Å²) < 4.78 is 43.9. The molecule has 1 aromatic heterocycles. The van der Waals surface area contributed by atoms with E-state index in [-0.39, 0.29) is 29.4 Å². The van der Waals surface area contributed by atoms with Gasteiger partial charge in [0.15, 0.2) is 0 Å². The lowest BCUT2D eigenvalue weighted by Crippen LogP contribution is -2.24. The van der Waals surface area contributed by atoms with Gasteiger partial charge in [-0.1, -0.05) is 57.4 Å². The van der Waals surface area contributed by atoms with E-state index in [1.54, 1.807) is 24.3 Å². The maximum Gasteiger partial charge on any atom is 0.130 e. The van der Waals surface area contributed by atoms with Crippen molar-refractivity contribution in [2.75, 3.05) is 0 Å². The summed E-state index contributed by atoms with van der Waals surface area (Å²) in [5.74, 6) is -0.770. The van der Waals surface area contributed by atoms with Crippen molar-refractivity contribution in [3.05, 3.63) is 88.2 Å². The molecule has 3 aromatic rings. The number of halogens is 3. The van der Waals surface area contributed by atoms with E-state index in [0.29, 0.717) is 35.1 Å². The topological polar surface area (TPSA) is 33.1 Å². The monoisotopic (exact) mass is 493 g/mol. The predicted octanol–water partition coefficient (Wildman–Crippen LogP) is 8.50. The molecule has 1 saturated carbocycles. The quantitative estimate of drug-likeness (QED) is 0.386. The van der Waals surface area contributed by atoms with Gasteiger partial charge in [0.05, 0.1) is 6.10 Å². The summed E-state index contributed by atoms with van der Waals surface area (Å²) in [7, 11) is 0. The number of aromatic nitrogens is 1. The van der Waals surface area contributed by atoms with Crippen molar-refractivity contribution >= 4 is 0 Å². The molecule has 5 heteroatoms. The molecule has 0 saturated heterocycles. The Balaban J connectivity index is 1.69. The van der Waals surface area contributed by atoms with E-state index in [9.17, 15) is 13.9 Å². The molecule has 2 nitrogen and oxygen atoms in total. The smallest absolute Gasteiger partial charge is 0.130 e. The highest BCUT2D eigenvalue weighted by Crippen LogP contribution is 2.49. The Hall–Kier alpha value is -2.66. The van der Waals surface area contributed by atoms with Crippen LogP contribution in [0.5, 0.6) is 0 Å². The Kier molecular flexibility index (Phi) is 7.21. The summed E-state index contributed by atoms with van der Waals surface area (Å²) >= 11 is 0. The number of hydrogen-bond acceptors (Lipinski definition) is 2. The Morgan fingerprint density at radius 3 is 2.11 bits per heavy atom. The average Bonchev–Trinajstić information content (AvgIpc) is 2.88. The van der Waals surface area contributed by atoms with Gasteiger partial charge in [-0.15, -0.1) is 0 Å². The zero-order chi connectivity index (χ0) is 25.4. The predicted molar refractivity (Wildman–Crippen MR) is 137 cm³/mol. The summed E-state index contributed by atoms with van der Waals surface area (Å²) in [5.41, 5.74) is 5.06. The minimum atomic E-state index is -1.19. The molecule has 0 spiro atoms. The number of rotatable bonds is 5. The first-order valence-corrected chi connectivity index (χ1v) is 13.2. The van der Waals surface area contributed by atoms with Crippen LogP contribution in [-0.4, -0.2) is 10.1 Å². The van der Waals surface area contributed by atoms with Gasteiger partial charge in [0.1, 0.15) is 17.8 Å². The highest BCUT2D eigenvalue weighted by Gasteiger charge is 2.37. The van der Waals surface area contributed by atoms with E-state index >= 15 is 4.39 Å². The van der Waals surface area contributed by atoms with Gasteiger partial charge < -0.3 is 5.11 Å². The zero-order valence-electron chi connectivity index (χ0n) is 21.0. The second-order valence-corrected chi connectivity index (χ2v) is 10.8. The standard InChI is InChI=1S/C31H34F3NO/c1-18(2)31-29(30(34)21-6-4-3-5-7-21)27(20-10-14-24(33)15-11-20)28-25(35-31)16-22(17-26(28)36)19-8-12-23(32)13-9-19/h8-15,18,21-22,26,30,36H,3-7,16-17H2,1-2H3. The molecule has 3 atom stereocenters. The van der Waals surface area contributed by atoms with Crippen LogP contribution < -0.4 is 0 Å². The molecule has 190 valence electrons. The highest BCUT2D eigenvalue weighted by atomic mass is 19.1. The van der Waals surface area contributed by atoms with Crippen molar-refractivity contribution in [1.82, 2.24) is 4.98 Å². The number of aliphatic hydroxyl groups excluding tert-OH is 1. The zero-order valence-corrected chi connectivity index (χ0v) is 21.0. The number of aliphatic hydroxyl groups is 1. The Morgan fingerprint density at radius 1 is 0.889 bits per heavy atom. The molecule has 2 aromatic carbocycles. The maximum atomic E-state index is 16.5. The van der Waals surface area contributed by atoms with Gasteiger partial charge in [0, 0.05) is 22.5 Å². The van der Waals surface area contributed by atoms with Gasteiger partial charge in [-0.2, -0.15) is 0 Å². The first-order chi connectivity index (χ1) is 17.3. The van der Waals surface area contributed by atoms with Gasteiger partial charge in [-0.05, 0) is 84.4 Å². The average molecular weight is 494 g/mol. The van der Waals surface area contributed by atoms with E-state index in [1.165, 1.54) is 24.3 Å². The van der Waals surface area contributed by atoms with Crippen LogP contribution in [0.1, 0.15) is 105 Å². The molecule has 0 bridgehead atoms. The van der Waals surface area contributed by atoms with Gasteiger partial charge in [0.25, 0.3) is 0 Å². The fraction of sp³-hybridized carbons (Fsp3) is 0.452. The van der Waals surface area contributed by atoms with Crippen molar-refractivity contribution in [1.29, 1.82) is 0 Å². The number of pyridine rings is 1. The molecule has 0 aliphatic heterocycles. The normalized spacial score (nSPS) is 21.4. The minimum Gasteiger partial charge on any atom is -0.388 e. The van der Waals surface area contributed by atoms with E-state index in [1.807, 2.05) is 13.8 Å². The van der Waals surface area contributed by atoms with Crippen molar-refractivity contribution in [3.8, 4) is 11.1 Å². The van der Waals surface area contributed by atoms with Crippen molar-refractivity contribution in [2.24, 2.45) is 5.92 Å². The van der Waals surface area contributed by atoms with Crippen molar-refractivity contribution in [3.63, 3.8) is 0 Å². The van der Waals surface area contributed by atoms with E-state index in [4.69, 9.17) is 4.98 Å². The van der Waals surface area contributed by atoms with E-state index in [2.05, 4.69) is 0 Å². The number of hydrogen-bond donors (Lipinski definition) is 1. The van der Waals surface area contributed by atoms with Crippen LogP contribution in [-0.2, 0) is 6.42 Å². The Bertz CT molecular complexity index is 1200. The first-order valence-electron chi connectivity index (χ1n) is 13.2. The fourth-order valence-electron chi connectivity index (χ4n) is 6.20. The van der Waals surface area contributed by atoms with E-state index < -0.39 is 12.3 Å². The van der Waals surface area contributed by atoms with Crippen molar-refractivity contribution < 1.29 is 18.3 Å². The van der Waals surface area contributed by atoms with Crippen LogP contribution in [0, 0.1) is 17.6 Å². The molecule has 1 N–H and O–H groups in total. The van der Waals surface area contributed by atoms with Crippen LogP contribution in [0.15, 0.2) is 48.5 Å². The molecule has 3 unspecified atom stereocenters. The van der Waals surface area contributed by atoms with Crippen LogP contribution in [0.4, 0.5) is 13.2 Å². The summed E-state index contributed by atoms with van der Waals surface area (Å²) in [6.07, 6.45) is 3.83. The minimum absolute atomic E-state index is 0.0188. The molecule has 5 rings (SSSR count). The number of nitrogens with zero attached hydrogens (tertiary/aromatic N) is 1. The molecule has 2 aliphatic rings. The van der Waals surface area contributed by atoms with Crippen LogP contribution in [0.25, 0.3) is 11.1 Å². The number of benzene rings is 2. The highest BCUT2D eigenvalue weighted by molar-refractivity contribution is 5.74. The molecule has 0 amide bonds. The lowest BCUT2D eigenvalue weighted by Gasteiger charge is -2.35. The Morgan fingerprint density at radius 2 is 1.50 bits per heavy atom. The summed E-state index contributed by atoms with van der Waals surface area (Å²) in [5, 5.41) is 11.5. The molecular weight excluding hydrogens is 459 g/mol. The van der Waals surface area contributed by atoms with Gasteiger partial charge >= 0.3 is 0 Å². The molecular formula is C31H34F3NO. The second kappa shape index (κ2) is 10.4. The van der Waals surface area contributed by atoms with Crippen LogP contribution in [0.3, 0.4) is 0 Å². The van der Waals surface area contributed by atoms with Crippen LogP contribution >= 0.6 is 0 Å². The van der Waals surface area contributed by atoms with Crippen LogP contribution in [0.2, 0.25) is 0 Å².